The molecule has 8 nitrogen and oxygen atoms in total. The molecule has 29 heavy (non-hydrogen) atoms. The van der Waals surface area contributed by atoms with Crippen LogP contribution in [0.5, 0.6) is 5.75 Å². The summed E-state index contributed by atoms with van der Waals surface area (Å²) >= 11 is 0. The van der Waals surface area contributed by atoms with Gasteiger partial charge in [0.2, 0.25) is 5.95 Å². The third-order valence-corrected chi connectivity index (χ3v) is 4.69. The second-order valence-electron chi connectivity index (χ2n) is 6.54. The molecule has 0 aliphatic rings. The Kier molecular flexibility index (Phi) is 6.06. The number of rotatable bonds is 7. The Balaban J connectivity index is 1.71. The van der Waals surface area contributed by atoms with Crippen molar-refractivity contribution in [3.8, 4) is 5.75 Å². The number of ether oxygens (including phenoxy) is 1. The second-order valence-corrected chi connectivity index (χ2v) is 6.54. The molecule has 1 aromatic carbocycles. The van der Waals surface area contributed by atoms with E-state index in [-0.39, 0.29) is 11.7 Å². The smallest absolute Gasteiger partial charge is 0.251 e. The molecule has 0 radical (unpaired) electrons. The Hall–Kier alpha value is -3.49. The maximum Gasteiger partial charge on any atom is 0.251 e. The molecule has 0 atom stereocenters. The van der Waals surface area contributed by atoms with Crippen LogP contribution >= 0.6 is 0 Å². The van der Waals surface area contributed by atoms with Crippen molar-refractivity contribution in [2.75, 3.05) is 19.5 Å². The Morgan fingerprint density at radius 1 is 1.21 bits per heavy atom. The van der Waals surface area contributed by atoms with Gasteiger partial charge in [0, 0.05) is 32.1 Å². The van der Waals surface area contributed by atoms with Crippen molar-refractivity contribution in [3.63, 3.8) is 0 Å². The van der Waals surface area contributed by atoms with E-state index in [0.717, 1.165) is 16.9 Å². The normalized spacial score (nSPS) is 10.7. The van der Waals surface area contributed by atoms with Crippen molar-refractivity contribution < 1.29 is 13.9 Å². The molecule has 2 N–H and O–H groups in total. The minimum atomic E-state index is -0.466. The maximum atomic E-state index is 14.6. The van der Waals surface area contributed by atoms with E-state index < -0.39 is 5.82 Å². The van der Waals surface area contributed by atoms with Crippen LogP contribution in [0.4, 0.5) is 16.0 Å². The topological polar surface area (TPSA) is 94.0 Å². The number of nitrogens with one attached hydrogen (secondary N) is 2. The fraction of sp³-hybridized carbons (Fsp3) is 0.300. The zero-order chi connectivity index (χ0) is 21.0. The number of hydrogen-bond donors (Lipinski definition) is 2. The summed E-state index contributed by atoms with van der Waals surface area (Å²) in [7, 11) is 4.76. The van der Waals surface area contributed by atoms with Crippen LogP contribution in [0.3, 0.4) is 0 Å². The van der Waals surface area contributed by atoms with Gasteiger partial charge in [-0.15, -0.1) is 0 Å². The third-order valence-electron chi connectivity index (χ3n) is 4.69. The molecule has 152 valence electrons. The molecule has 0 bridgehead atoms. The van der Waals surface area contributed by atoms with E-state index in [1.54, 1.807) is 29.3 Å². The first-order valence-corrected chi connectivity index (χ1v) is 9.08. The number of methoxy groups -OCH3 is 1. The van der Waals surface area contributed by atoms with Gasteiger partial charge < -0.3 is 15.4 Å². The van der Waals surface area contributed by atoms with Crippen LogP contribution in [0.2, 0.25) is 0 Å². The van der Waals surface area contributed by atoms with Gasteiger partial charge in [0.25, 0.3) is 5.91 Å². The van der Waals surface area contributed by atoms with E-state index in [1.807, 2.05) is 14.0 Å². The van der Waals surface area contributed by atoms with Crippen molar-refractivity contribution in [1.82, 2.24) is 25.1 Å². The summed E-state index contributed by atoms with van der Waals surface area (Å²) in [5.41, 5.74) is 3.40. The summed E-state index contributed by atoms with van der Waals surface area (Å²) in [4.78, 5) is 20.5. The van der Waals surface area contributed by atoms with E-state index in [2.05, 4.69) is 25.7 Å². The van der Waals surface area contributed by atoms with Crippen LogP contribution in [-0.2, 0) is 19.9 Å². The average Bonchev–Trinajstić information content (AvgIpc) is 3.05. The molecule has 3 rings (SSSR count). The SMILES string of the molecule is CNC(=O)c1cc(CCc2cnc(Nc3cnn(C)c3C)nc2)c(F)c(OC)c1. The van der Waals surface area contributed by atoms with Crippen LogP contribution in [0.15, 0.2) is 30.7 Å². The van der Waals surface area contributed by atoms with Gasteiger partial charge in [-0.1, -0.05) is 0 Å². The highest BCUT2D eigenvalue weighted by molar-refractivity contribution is 5.94. The van der Waals surface area contributed by atoms with Crippen molar-refractivity contribution >= 4 is 17.5 Å². The van der Waals surface area contributed by atoms with Crippen LogP contribution in [-0.4, -0.2) is 39.8 Å². The molecule has 9 heteroatoms. The van der Waals surface area contributed by atoms with Gasteiger partial charge in [-0.05, 0) is 43.0 Å². The van der Waals surface area contributed by atoms with E-state index >= 15 is 0 Å². The minimum absolute atomic E-state index is 0.0451. The van der Waals surface area contributed by atoms with Gasteiger partial charge in [-0.25, -0.2) is 14.4 Å². The summed E-state index contributed by atoms with van der Waals surface area (Å²) < 4.78 is 21.4. The van der Waals surface area contributed by atoms with E-state index in [4.69, 9.17) is 4.74 Å². The molecular formula is C20H23FN6O2. The number of nitrogens with zero attached hydrogens (tertiary/aromatic N) is 4. The molecule has 2 aromatic heterocycles. The number of aromatic nitrogens is 4. The maximum absolute atomic E-state index is 14.6. The number of aryl methyl sites for hydroxylation is 3. The number of anilines is 2. The number of carbonyl (C=O) groups excluding carboxylic acids is 1. The lowest BCUT2D eigenvalue weighted by Crippen LogP contribution is -2.18. The number of halogens is 1. The van der Waals surface area contributed by atoms with E-state index in [1.165, 1.54) is 20.2 Å². The zero-order valence-electron chi connectivity index (χ0n) is 16.8. The molecule has 0 fully saturated rings. The number of amides is 1. The summed E-state index contributed by atoms with van der Waals surface area (Å²) in [6.45, 7) is 1.94. The fourth-order valence-corrected chi connectivity index (χ4v) is 2.83. The van der Waals surface area contributed by atoms with Gasteiger partial charge >= 0.3 is 0 Å². The molecule has 0 unspecified atom stereocenters. The van der Waals surface area contributed by atoms with Crippen LogP contribution in [0, 0.1) is 12.7 Å². The first-order valence-electron chi connectivity index (χ1n) is 9.08. The Labute approximate surface area is 168 Å². The molecule has 0 aliphatic heterocycles. The van der Waals surface area contributed by atoms with Crippen molar-refractivity contribution in [2.24, 2.45) is 7.05 Å². The number of benzene rings is 1. The Bertz CT molecular complexity index is 1020. The van der Waals surface area contributed by atoms with Crippen LogP contribution < -0.4 is 15.4 Å². The lowest BCUT2D eigenvalue weighted by molar-refractivity contribution is 0.0962. The first kappa shape index (κ1) is 20.2. The quantitative estimate of drug-likeness (QED) is 0.635. The molecule has 0 saturated carbocycles. The van der Waals surface area contributed by atoms with Gasteiger partial charge in [0.05, 0.1) is 24.7 Å². The van der Waals surface area contributed by atoms with Gasteiger partial charge in [0.15, 0.2) is 11.6 Å². The summed E-state index contributed by atoms with van der Waals surface area (Å²) in [6, 6.07) is 2.93. The van der Waals surface area contributed by atoms with Gasteiger partial charge in [-0.3, -0.25) is 9.48 Å². The molecule has 2 heterocycles. The molecule has 1 amide bonds. The highest BCUT2D eigenvalue weighted by Crippen LogP contribution is 2.24. The lowest BCUT2D eigenvalue weighted by atomic mass is 10.0. The van der Waals surface area contributed by atoms with Gasteiger partial charge in [0.1, 0.15) is 0 Å². The van der Waals surface area contributed by atoms with Crippen LogP contribution in [0.25, 0.3) is 0 Å². The summed E-state index contributed by atoms with van der Waals surface area (Å²) in [5, 5.41) is 9.82. The second kappa shape index (κ2) is 8.68. The highest BCUT2D eigenvalue weighted by Gasteiger charge is 2.15. The monoisotopic (exact) mass is 398 g/mol. The Morgan fingerprint density at radius 2 is 1.93 bits per heavy atom. The third kappa shape index (κ3) is 4.50. The molecule has 0 saturated heterocycles. The zero-order valence-corrected chi connectivity index (χ0v) is 16.8. The van der Waals surface area contributed by atoms with Crippen LogP contribution in [0.1, 0.15) is 27.2 Å². The highest BCUT2D eigenvalue weighted by atomic mass is 19.1. The number of hydrogen-bond acceptors (Lipinski definition) is 6. The van der Waals surface area contributed by atoms with E-state index in [0.29, 0.717) is 29.9 Å². The predicted molar refractivity (Wildman–Crippen MR) is 107 cm³/mol. The Morgan fingerprint density at radius 3 is 2.52 bits per heavy atom. The number of carbonyl (C=O) groups is 1. The lowest BCUT2D eigenvalue weighted by Gasteiger charge is -2.11. The summed E-state index contributed by atoms with van der Waals surface area (Å²) in [6.07, 6.45) is 5.99. The molecule has 0 spiro atoms. The van der Waals surface area contributed by atoms with Gasteiger partial charge in [-0.2, -0.15) is 5.10 Å². The first-order chi connectivity index (χ1) is 13.9. The van der Waals surface area contributed by atoms with E-state index in [9.17, 15) is 9.18 Å². The molecular weight excluding hydrogens is 375 g/mol. The molecule has 3 aromatic rings. The fourth-order valence-electron chi connectivity index (χ4n) is 2.83. The van der Waals surface area contributed by atoms with Crippen molar-refractivity contribution in [2.45, 2.75) is 19.8 Å². The largest absolute Gasteiger partial charge is 0.494 e. The molecule has 0 aliphatic carbocycles. The van der Waals surface area contributed by atoms with Crippen molar-refractivity contribution in [3.05, 3.63) is 58.9 Å². The predicted octanol–water partition coefficient (Wildman–Crippen LogP) is 2.55. The standard InChI is InChI=1S/C20H23FN6O2/c1-12-16(11-25-27(12)3)26-20-23-9-13(10-24-20)5-6-14-7-15(19(28)22-2)8-17(29-4)18(14)21/h7-11H,5-6H2,1-4H3,(H,22,28)(H,23,24,26). The summed E-state index contributed by atoms with van der Waals surface area (Å²) in [5.74, 6) is -0.261. The van der Waals surface area contributed by atoms with Crippen molar-refractivity contribution in [1.29, 1.82) is 0 Å². The minimum Gasteiger partial charge on any atom is -0.494 e. The average molecular weight is 398 g/mol.